The van der Waals surface area contributed by atoms with E-state index in [1.165, 1.54) is 4.57 Å². The number of para-hydroxylation sites is 3. The molecule has 0 radical (unpaired) electrons. The molecule has 1 fully saturated rings. The van der Waals surface area contributed by atoms with Crippen LogP contribution in [-0.4, -0.2) is 33.9 Å². The van der Waals surface area contributed by atoms with Gasteiger partial charge >= 0.3 is 5.76 Å². The van der Waals surface area contributed by atoms with E-state index in [2.05, 4.69) is 12.2 Å². The molecule has 2 atom stereocenters. The highest BCUT2D eigenvalue weighted by Crippen LogP contribution is 2.49. The highest BCUT2D eigenvalue weighted by atomic mass is 16.4. The van der Waals surface area contributed by atoms with Crippen LogP contribution in [-0.2, 0) is 21.5 Å². The molecule has 2 aromatic carbocycles. The normalized spacial score (nSPS) is 22.6. The third kappa shape index (κ3) is 2.54. The van der Waals surface area contributed by atoms with Gasteiger partial charge in [-0.05, 0) is 36.6 Å². The Morgan fingerprint density at radius 3 is 2.77 bits per heavy atom. The summed E-state index contributed by atoms with van der Waals surface area (Å²) in [6.07, 6.45) is 2.14. The van der Waals surface area contributed by atoms with Gasteiger partial charge in [0.1, 0.15) is 6.54 Å². The lowest BCUT2D eigenvalue weighted by Gasteiger charge is -2.34. The van der Waals surface area contributed by atoms with Gasteiger partial charge in [0, 0.05) is 12.2 Å². The van der Waals surface area contributed by atoms with Gasteiger partial charge in [-0.25, -0.2) is 4.79 Å². The largest absolute Gasteiger partial charge is 0.420 e. The van der Waals surface area contributed by atoms with Crippen LogP contribution in [0.5, 0.6) is 0 Å². The standard InChI is InChI=1S/C23H23N3O4/c1-2-7-19-23(15-8-3-4-9-16(15)24-21(23)28)12-13-25(19)20(27)14-26-17-10-5-6-11-18(17)30-22(26)29/h3-6,8-11,19H,2,7,12-14H2,1H3,(H,24,28)/t19-,23+/m0/s1. The Balaban J connectivity index is 1.51. The van der Waals surface area contributed by atoms with Crippen molar-refractivity contribution >= 4 is 28.6 Å². The number of amides is 2. The van der Waals surface area contributed by atoms with Gasteiger partial charge in [0.05, 0.1) is 17.0 Å². The third-order valence-corrected chi connectivity index (χ3v) is 6.50. The number of anilines is 1. The van der Waals surface area contributed by atoms with Crippen LogP contribution in [0.25, 0.3) is 11.1 Å². The second-order valence-electron chi connectivity index (χ2n) is 8.03. The number of likely N-dealkylation sites (tertiary alicyclic amines) is 1. The number of oxazole rings is 1. The maximum atomic E-state index is 13.3. The van der Waals surface area contributed by atoms with E-state index in [0.717, 1.165) is 17.7 Å². The predicted octanol–water partition coefficient (Wildman–Crippen LogP) is 2.89. The molecule has 0 aliphatic carbocycles. The van der Waals surface area contributed by atoms with Crippen LogP contribution in [0, 0.1) is 0 Å². The number of hydrogen-bond donors (Lipinski definition) is 1. The van der Waals surface area contributed by atoms with Crippen molar-refractivity contribution in [3.05, 3.63) is 64.6 Å². The molecule has 1 N–H and O–H groups in total. The number of aromatic nitrogens is 1. The number of fused-ring (bicyclic) bond motifs is 3. The van der Waals surface area contributed by atoms with Gasteiger partial charge in [0.2, 0.25) is 11.8 Å². The van der Waals surface area contributed by atoms with E-state index in [4.69, 9.17) is 4.42 Å². The summed E-state index contributed by atoms with van der Waals surface area (Å²) in [7, 11) is 0. The minimum Gasteiger partial charge on any atom is -0.408 e. The smallest absolute Gasteiger partial charge is 0.408 e. The quantitative estimate of drug-likeness (QED) is 0.723. The molecule has 2 amide bonds. The lowest BCUT2D eigenvalue weighted by atomic mass is 9.73. The molecule has 0 bridgehead atoms. The molecule has 1 aromatic heterocycles. The zero-order valence-electron chi connectivity index (χ0n) is 16.8. The molecule has 3 heterocycles. The second kappa shape index (κ2) is 6.86. The molecule has 1 saturated heterocycles. The molecule has 5 rings (SSSR count). The highest BCUT2D eigenvalue weighted by Gasteiger charge is 2.58. The van der Waals surface area contributed by atoms with E-state index in [-0.39, 0.29) is 24.4 Å². The average molecular weight is 405 g/mol. The van der Waals surface area contributed by atoms with Crippen LogP contribution < -0.4 is 11.1 Å². The highest BCUT2D eigenvalue weighted by molar-refractivity contribution is 6.07. The minimum absolute atomic E-state index is 0.0385. The Kier molecular flexibility index (Phi) is 4.27. The molecule has 1 spiro atoms. The molecule has 154 valence electrons. The molecule has 3 aromatic rings. The van der Waals surface area contributed by atoms with Crippen LogP contribution in [0.1, 0.15) is 31.7 Å². The van der Waals surface area contributed by atoms with Crippen LogP contribution in [0.2, 0.25) is 0 Å². The first kappa shape index (κ1) is 18.7. The van der Waals surface area contributed by atoms with Gasteiger partial charge in [0.25, 0.3) is 0 Å². The molecular formula is C23H23N3O4. The lowest BCUT2D eigenvalue weighted by Crippen LogP contribution is -2.49. The number of hydrogen-bond acceptors (Lipinski definition) is 4. The van der Waals surface area contributed by atoms with E-state index in [0.29, 0.717) is 30.5 Å². The van der Waals surface area contributed by atoms with Crippen molar-refractivity contribution < 1.29 is 14.0 Å². The fraction of sp³-hybridized carbons (Fsp3) is 0.348. The number of benzene rings is 2. The number of nitrogens with one attached hydrogen (secondary N) is 1. The Morgan fingerprint density at radius 1 is 1.17 bits per heavy atom. The zero-order chi connectivity index (χ0) is 20.9. The Morgan fingerprint density at radius 2 is 1.93 bits per heavy atom. The van der Waals surface area contributed by atoms with Crippen LogP contribution in [0.15, 0.2) is 57.7 Å². The van der Waals surface area contributed by atoms with E-state index >= 15 is 0 Å². The van der Waals surface area contributed by atoms with Gasteiger partial charge in [-0.15, -0.1) is 0 Å². The molecule has 2 aliphatic heterocycles. The van der Waals surface area contributed by atoms with Crippen molar-refractivity contribution in [3.63, 3.8) is 0 Å². The number of carbonyl (C=O) groups excluding carboxylic acids is 2. The monoisotopic (exact) mass is 405 g/mol. The predicted molar refractivity (Wildman–Crippen MR) is 112 cm³/mol. The molecule has 0 saturated carbocycles. The van der Waals surface area contributed by atoms with Crippen LogP contribution in [0.4, 0.5) is 5.69 Å². The molecule has 2 aliphatic rings. The Labute approximate surface area is 173 Å². The SMILES string of the molecule is CCC[C@@H]1N(C(=O)Cn2c(=O)oc3ccccc32)CC[C@]12C(=O)Nc1ccccc12. The summed E-state index contributed by atoms with van der Waals surface area (Å²) in [5.74, 6) is -0.756. The summed E-state index contributed by atoms with van der Waals surface area (Å²) in [6, 6.07) is 14.6. The van der Waals surface area contributed by atoms with E-state index in [1.807, 2.05) is 30.3 Å². The van der Waals surface area contributed by atoms with Crippen molar-refractivity contribution in [3.8, 4) is 0 Å². The third-order valence-electron chi connectivity index (χ3n) is 6.50. The first-order valence-electron chi connectivity index (χ1n) is 10.3. The summed E-state index contributed by atoms with van der Waals surface area (Å²) in [5.41, 5.74) is 2.12. The van der Waals surface area contributed by atoms with E-state index in [1.54, 1.807) is 23.1 Å². The number of carbonyl (C=O) groups is 2. The van der Waals surface area contributed by atoms with Crippen LogP contribution >= 0.6 is 0 Å². The maximum absolute atomic E-state index is 13.3. The van der Waals surface area contributed by atoms with Gasteiger partial charge in [-0.3, -0.25) is 14.2 Å². The number of nitrogens with zero attached hydrogens (tertiary/aromatic N) is 2. The summed E-state index contributed by atoms with van der Waals surface area (Å²) in [5, 5.41) is 3.01. The average Bonchev–Trinajstić information content (AvgIpc) is 3.37. The molecular weight excluding hydrogens is 382 g/mol. The van der Waals surface area contributed by atoms with Crippen LogP contribution in [0.3, 0.4) is 0 Å². The summed E-state index contributed by atoms with van der Waals surface area (Å²) in [6.45, 7) is 2.44. The maximum Gasteiger partial charge on any atom is 0.420 e. The number of rotatable bonds is 4. The molecule has 7 heteroatoms. The Bertz CT molecular complexity index is 1210. The Hall–Kier alpha value is -3.35. The fourth-order valence-corrected chi connectivity index (χ4v) is 5.17. The van der Waals surface area contributed by atoms with E-state index < -0.39 is 11.2 Å². The molecule has 30 heavy (non-hydrogen) atoms. The van der Waals surface area contributed by atoms with Crippen molar-refractivity contribution in [1.82, 2.24) is 9.47 Å². The fourth-order valence-electron chi connectivity index (χ4n) is 5.17. The van der Waals surface area contributed by atoms with Gasteiger partial charge in [0.15, 0.2) is 5.58 Å². The van der Waals surface area contributed by atoms with Gasteiger partial charge in [-0.1, -0.05) is 43.7 Å². The van der Waals surface area contributed by atoms with Crippen molar-refractivity contribution in [1.29, 1.82) is 0 Å². The zero-order valence-corrected chi connectivity index (χ0v) is 16.8. The lowest BCUT2D eigenvalue weighted by molar-refractivity contribution is -0.134. The minimum atomic E-state index is -0.730. The molecule has 7 nitrogen and oxygen atoms in total. The first-order valence-corrected chi connectivity index (χ1v) is 10.3. The van der Waals surface area contributed by atoms with Crippen molar-refractivity contribution in [2.45, 2.75) is 44.2 Å². The van der Waals surface area contributed by atoms with E-state index in [9.17, 15) is 14.4 Å². The summed E-state index contributed by atoms with van der Waals surface area (Å²) in [4.78, 5) is 40.6. The topological polar surface area (TPSA) is 84.6 Å². The second-order valence-corrected chi connectivity index (χ2v) is 8.03. The summed E-state index contributed by atoms with van der Waals surface area (Å²) >= 11 is 0. The molecule has 0 unspecified atom stereocenters. The summed E-state index contributed by atoms with van der Waals surface area (Å²) < 4.78 is 6.64. The first-order chi connectivity index (χ1) is 14.6. The van der Waals surface area contributed by atoms with Crippen molar-refractivity contribution in [2.75, 3.05) is 11.9 Å². The van der Waals surface area contributed by atoms with Gasteiger partial charge in [-0.2, -0.15) is 0 Å². The van der Waals surface area contributed by atoms with Gasteiger partial charge < -0.3 is 14.6 Å². The van der Waals surface area contributed by atoms with Crippen molar-refractivity contribution in [2.24, 2.45) is 0 Å².